The third kappa shape index (κ3) is 3.80. The van der Waals surface area contributed by atoms with Gasteiger partial charge in [-0.25, -0.2) is 4.98 Å². The largest absolute Gasteiger partial charge is 0.364 e. The van der Waals surface area contributed by atoms with Crippen LogP contribution in [0.5, 0.6) is 0 Å². The van der Waals surface area contributed by atoms with Crippen molar-refractivity contribution in [2.45, 2.75) is 25.8 Å². The lowest BCUT2D eigenvalue weighted by Gasteiger charge is -2.27. The van der Waals surface area contributed by atoms with E-state index in [1.165, 1.54) is 30.4 Å². The Morgan fingerprint density at radius 2 is 1.76 bits per heavy atom. The summed E-state index contributed by atoms with van der Waals surface area (Å²) in [5, 5.41) is 6.84. The molecule has 6 heteroatoms. The number of aromatic nitrogens is 3. The van der Waals surface area contributed by atoms with E-state index in [0.29, 0.717) is 6.54 Å². The van der Waals surface area contributed by atoms with Gasteiger partial charge in [0.15, 0.2) is 0 Å². The van der Waals surface area contributed by atoms with Gasteiger partial charge in [-0.05, 0) is 37.0 Å². The molecule has 0 spiro atoms. The Bertz CT molecular complexity index is 1090. The lowest BCUT2D eigenvalue weighted by Crippen LogP contribution is -2.31. The zero-order valence-corrected chi connectivity index (χ0v) is 17.0. The maximum absolute atomic E-state index is 4.98. The maximum Gasteiger partial charge on any atom is 0.228 e. The highest BCUT2D eigenvalue weighted by atomic mass is 32.1. The Hall–Kier alpha value is -2.99. The van der Waals surface area contributed by atoms with Crippen molar-refractivity contribution in [1.82, 2.24) is 15.0 Å². The van der Waals surface area contributed by atoms with Crippen LogP contribution in [0.1, 0.15) is 25.0 Å². The summed E-state index contributed by atoms with van der Waals surface area (Å²) in [5.74, 6) is 1.73. The number of hydrogen-bond acceptors (Lipinski definition) is 6. The molecule has 3 aromatic heterocycles. The number of thiophene rings is 1. The highest BCUT2D eigenvalue weighted by Gasteiger charge is 2.19. The summed E-state index contributed by atoms with van der Waals surface area (Å²) >= 11 is 1.69. The highest BCUT2D eigenvalue weighted by molar-refractivity contribution is 7.17. The molecule has 4 aromatic rings. The first kappa shape index (κ1) is 18.1. The molecule has 0 amide bonds. The van der Waals surface area contributed by atoms with Crippen LogP contribution in [0.3, 0.4) is 0 Å². The molecule has 5 nitrogen and oxygen atoms in total. The van der Waals surface area contributed by atoms with E-state index in [1.807, 2.05) is 30.5 Å². The number of fused-ring (bicyclic) bond motifs is 1. The Balaban J connectivity index is 1.58. The molecule has 0 atom stereocenters. The van der Waals surface area contributed by atoms with E-state index in [0.717, 1.165) is 40.8 Å². The predicted molar refractivity (Wildman–Crippen MR) is 120 cm³/mol. The summed E-state index contributed by atoms with van der Waals surface area (Å²) in [5.41, 5.74) is 3.36. The number of nitrogens with one attached hydrogen (secondary N) is 1. The molecule has 1 fully saturated rings. The van der Waals surface area contributed by atoms with E-state index in [-0.39, 0.29) is 0 Å². The van der Waals surface area contributed by atoms with Crippen molar-refractivity contribution < 1.29 is 0 Å². The number of rotatable bonds is 5. The summed E-state index contributed by atoms with van der Waals surface area (Å²) in [6, 6.07) is 16.5. The summed E-state index contributed by atoms with van der Waals surface area (Å²) in [6.07, 6.45) is 5.53. The number of nitrogens with zero attached hydrogens (tertiary/aromatic N) is 4. The number of anilines is 2. The van der Waals surface area contributed by atoms with Gasteiger partial charge in [-0.2, -0.15) is 4.98 Å². The van der Waals surface area contributed by atoms with Gasteiger partial charge in [-0.15, -0.1) is 11.3 Å². The van der Waals surface area contributed by atoms with Crippen LogP contribution < -0.4 is 10.2 Å². The second kappa shape index (κ2) is 8.17. The first-order valence-electron chi connectivity index (χ1n) is 10.1. The topological polar surface area (TPSA) is 53.9 Å². The Morgan fingerprint density at radius 3 is 2.55 bits per heavy atom. The van der Waals surface area contributed by atoms with Gasteiger partial charge in [0, 0.05) is 30.2 Å². The molecule has 29 heavy (non-hydrogen) atoms. The number of hydrogen-bond donors (Lipinski definition) is 1. The van der Waals surface area contributed by atoms with Crippen LogP contribution >= 0.6 is 11.3 Å². The summed E-state index contributed by atoms with van der Waals surface area (Å²) in [7, 11) is 0. The van der Waals surface area contributed by atoms with E-state index in [9.17, 15) is 0 Å². The Kier molecular flexibility index (Phi) is 5.09. The summed E-state index contributed by atoms with van der Waals surface area (Å²) in [4.78, 5) is 17.7. The molecule has 1 aliphatic heterocycles. The molecule has 0 saturated carbocycles. The molecule has 4 heterocycles. The van der Waals surface area contributed by atoms with Gasteiger partial charge in [-0.1, -0.05) is 36.4 Å². The summed E-state index contributed by atoms with van der Waals surface area (Å²) < 4.78 is 0. The van der Waals surface area contributed by atoms with Crippen LogP contribution in [0, 0.1) is 0 Å². The van der Waals surface area contributed by atoms with Crippen molar-refractivity contribution in [3.05, 3.63) is 65.8 Å². The molecule has 0 aliphatic carbocycles. The molecule has 0 bridgehead atoms. The molecule has 1 aliphatic rings. The molecule has 1 N–H and O–H groups in total. The fraction of sp³-hybridized carbons (Fsp3) is 0.261. The van der Waals surface area contributed by atoms with Crippen molar-refractivity contribution >= 4 is 33.3 Å². The van der Waals surface area contributed by atoms with Gasteiger partial charge in [-0.3, -0.25) is 4.98 Å². The normalized spacial score (nSPS) is 14.3. The van der Waals surface area contributed by atoms with Gasteiger partial charge in [0.1, 0.15) is 10.6 Å². The van der Waals surface area contributed by atoms with Crippen molar-refractivity contribution in [2.24, 2.45) is 0 Å². The number of benzene rings is 1. The first-order chi connectivity index (χ1) is 14.4. The van der Waals surface area contributed by atoms with E-state index in [4.69, 9.17) is 9.97 Å². The maximum atomic E-state index is 4.98. The van der Waals surface area contributed by atoms with Crippen molar-refractivity contribution in [3.8, 4) is 11.1 Å². The smallest absolute Gasteiger partial charge is 0.228 e. The molecule has 1 saturated heterocycles. The SMILES string of the molecule is c1ccc(-c2csc3nc(N4CCCCC4)nc(NCc4ccccn4)c23)cc1. The van der Waals surface area contributed by atoms with Crippen LogP contribution in [0.4, 0.5) is 11.8 Å². The standard InChI is InChI=1S/C23H23N5S/c1-3-9-17(10-4-1)19-16-29-22-20(19)21(25-15-18-11-5-6-12-24-18)26-23(27-22)28-13-7-2-8-14-28/h1,3-6,9-12,16H,2,7-8,13-15H2,(H,25,26,27). The van der Waals surface area contributed by atoms with E-state index >= 15 is 0 Å². The van der Waals surface area contributed by atoms with E-state index in [2.05, 4.69) is 44.8 Å². The van der Waals surface area contributed by atoms with E-state index in [1.54, 1.807) is 11.3 Å². The molecule has 0 radical (unpaired) electrons. The molecular formula is C23H23N5S. The van der Waals surface area contributed by atoms with Crippen molar-refractivity contribution in [2.75, 3.05) is 23.3 Å². The van der Waals surface area contributed by atoms with Crippen molar-refractivity contribution in [3.63, 3.8) is 0 Å². The molecule has 5 rings (SSSR count). The minimum atomic E-state index is 0.635. The zero-order valence-electron chi connectivity index (χ0n) is 16.2. The second-order valence-electron chi connectivity index (χ2n) is 7.29. The third-order valence-electron chi connectivity index (χ3n) is 5.31. The zero-order chi connectivity index (χ0) is 19.5. The van der Waals surface area contributed by atoms with Crippen LogP contribution in [-0.2, 0) is 6.54 Å². The van der Waals surface area contributed by atoms with Crippen LogP contribution in [0.2, 0.25) is 0 Å². The molecular weight excluding hydrogens is 378 g/mol. The fourth-order valence-corrected chi connectivity index (χ4v) is 4.74. The number of piperidine rings is 1. The highest BCUT2D eigenvalue weighted by Crippen LogP contribution is 2.38. The van der Waals surface area contributed by atoms with E-state index < -0.39 is 0 Å². The Morgan fingerprint density at radius 1 is 0.931 bits per heavy atom. The quantitative estimate of drug-likeness (QED) is 0.488. The monoisotopic (exact) mass is 401 g/mol. The minimum Gasteiger partial charge on any atom is -0.364 e. The fourth-order valence-electron chi connectivity index (χ4n) is 3.80. The van der Waals surface area contributed by atoms with Gasteiger partial charge in [0.2, 0.25) is 5.95 Å². The summed E-state index contributed by atoms with van der Waals surface area (Å²) in [6.45, 7) is 2.70. The van der Waals surface area contributed by atoms with Crippen LogP contribution in [0.15, 0.2) is 60.1 Å². The molecule has 0 unspecified atom stereocenters. The van der Waals surface area contributed by atoms with Crippen molar-refractivity contribution in [1.29, 1.82) is 0 Å². The predicted octanol–water partition coefficient (Wildman–Crippen LogP) is 5.36. The van der Waals surface area contributed by atoms with Gasteiger partial charge >= 0.3 is 0 Å². The first-order valence-corrected chi connectivity index (χ1v) is 11.0. The number of pyridine rings is 1. The second-order valence-corrected chi connectivity index (χ2v) is 8.15. The van der Waals surface area contributed by atoms with Gasteiger partial charge in [0.05, 0.1) is 17.6 Å². The molecule has 1 aromatic carbocycles. The van der Waals surface area contributed by atoms with Gasteiger partial charge < -0.3 is 10.2 Å². The van der Waals surface area contributed by atoms with Gasteiger partial charge in [0.25, 0.3) is 0 Å². The third-order valence-corrected chi connectivity index (χ3v) is 6.18. The van der Waals surface area contributed by atoms with Crippen LogP contribution in [0.25, 0.3) is 21.3 Å². The average molecular weight is 402 g/mol. The average Bonchev–Trinajstić information content (AvgIpc) is 3.24. The minimum absolute atomic E-state index is 0.635. The van der Waals surface area contributed by atoms with Crippen LogP contribution in [-0.4, -0.2) is 28.0 Å². The Labute approximate surface area is 174 Å². The lowest BCUT2D eigenvalue weighted by molar-refractivity contribution is 0.569. The molecule has 146 valence electrons. The lowest BCUT2D eigenvalue weighted by atomic mass is 10.1.